The second-order valence-electron chi connectivity index (χ2n) is 4.33. The number of likely N-dealkylation sites (tertiary alicyclic amines) is 1. The lowest BCUT2D eigenvalue weighted by atomic mass is 10.2. The Morgan fingerprint density at radius 2 is 1.88 bits per heavy atom. The molecule has 0 aliphatic carbocycles. The van der Waals surface area contributed by atoms with Crippen molar-refractivity contribution < 1.29 is 22.7 Å². The molecule has 0 radical (unpaired) electrons. The predicted molar refractivity (Wildman–Crippen MR) is 53.4 cm³/mol. The summed E-state index contributed by atoms with van der Waals surface area (Å²) in [5.41, 5.74) is 0. The molecule has 4 nitrogen and oxygen atoms in total. The first kappa shape index (κ1) is 12.6. The highest BCUT2D eigenvalue weighted by molar-refractivity contribution is 5.84. The van der Waals surface area contributed by atoms with Crippen molar-refractivity contribution in [2.75, 3.05) is 39.4 Å². The summed E-state index contributed by atoms with van der Waals surface area (Å²) in [6, 6.07) is -0.388. The maximum atomic E-state index is 12.2. The Hall–Kier alpha value is -0.820. The van der Waals surface area contributed by atoms with Gasteiger partial charge in [0.2, 0.25) is 5.91 Å². The van der Waals surface area contributed by atoms with Crippen molar-refractivity contribution in [3.63, 3.8) is 0 Å². The number of carbonyl (C=O) groups is 1. The lowest BCUT2D eigenvalue weighted by Crippen LogP contribution is -2.48. The molecule has 2 aliphatic rings. The molecule has 0 bridgehead atoms. The summed E-state index contributed by atoms with van der Waals surface area (Å²) in [6.45, 7) is 1.39. The first-order valence-electron chi connectivity index (χ1n) is 5.65. The molecule has 1 unspecified atom stereocenters. The summed E-state index contributed by atoms with van der Waals surface area (Å²) in [7, 11) is 0. The van der Waals surface area contributed by atoms with E-state index in [1.54, 1.807) is 0 Å². The molecular formula is C10H15F3N2O2. The molecule has 1 atom stereocenters. The third-order valence-corrected chi connectivity index (χ3v) is 3.13. The summed E-state index contributed by atoms with van der Waals surface area (Å²) >= 11 is 0. The number of amides is 1. The Morgan fingerprint density at radius 3 is 2.47 bits per heavy atom. The van der Waals surface area contributed by atoms with Crippen molar-refractivity contribution in [1.29, 1.82) is 0 Å². The monoisotopic (exact) mass is 252 g/mol. The zero-order chi connectivity index (χ0) is 12.5. The summed E-state index contributed by atoms with van der Waals surface area (Å²) in [6.07, 6.45) is -3.83. The molecule has 2 aliphatic heterocycles. The summed E-state index contributed by atoms with van der Waals surface area (Å²) in [5, 5.41) is 0. The molecule has 0 aromatic heterocycles. The van der Waals surface area contributed by atoms with Gasteiger partial charge in [-0.1, -0.05) is 0 Å². The summed E-state index contributed by atoms with van der Waals surface area (Å²) in [5.74, 6) is -0.399. The smallest absolute Gasteiger partial charge is 0.379 e. The van der Waals surface area contributed by atoms with Crippen molar-refractivity contribution in [3.8, 4) is 0 Å². The van der Waals surface area contributed by atoms with E-state index in [4.69, 9.17) is 4.74 Å². The zero-order valence-electron chi connectivity index (χ0n) is 9.37. The minimum absolute atomic E-state index is 0.195. The molecule has 0 spiro atoms. The van der Waals surface area contributed by atoms with Crippen LogP contribution in [-0.4, -0.2) is 67.3 Å². The summed E-state index contributed by atoms with van der Waals surface area (Å²) in [4.78, 5) is 14.6. The SMILES string of the molecule is O=C1C(N2CCOCC2)CCN1CC(F)(F)F. The zero-order valence-corrected chi connectivity index (χ0v) is 9.37. The number of hydrogen-bond donors (Lipinski definition) is 0. The van der Waals surface area contributed by atoms with E-state index in [-0.39, 0.29) is 12.6 Å². The van der Waals surface area contributed by atoms with Gasteiger partial charge in [0.1, 0.15) is 6.54 Å². The van der Waals surface area contributed by atoms with Crippen LogP contribution in [0, 0.1) is 0 Å². The standard InChI is InChI=1S/C10H15F3N2O2/c11-10(12,13)7-15-2-1-8(9(15)16)14-3-5-17-6-4-14/h8H,1-7H2. The molecular weight excluding hydrogens is 237 g/mol. The lowest BCUT2D eigenvalue weighted by molar-refractivity contribution is -0.159. The Bertz CT molecular complexity index is 290. The first-order chi connectivity index (χ1) is 7.97. The highest BCUT2D eigenvalue weighted by atomic mass is 19.4. The van der Waals surface area contributed by atoms with Gasteiger partial charge in [0.05, 0.1) is 19.3 Å². The number of morpholine rings is 1. The Morgan fingerprint density at radius 1 is 1.24 bits per heavy atom. The van der Waals surface area contributed by atoms with Gasteiger partial charge >= 0.3 is 6.18 Å². The molecule has 17 heavy (non-hydrogen) atoms. The van der Waals surface area contributed by atoms with E-state index in [9.17, 15) is 18.0 Å². The van der Waals surface area contributed by atoms with Crippen molar-refractivity contribution in [3.05, 3.63) is 0 Å². The van der Waals surface area contributed by atoms with Crippen LogP contribution in [0.3, 0.4) is 0 Å². The van der Waals surface area contributed by atoms with Crippen molar-refractivity contribution in [2.24, 2.45) is 0 Å². The first-order valence-corrected chi connectivity index (χ1v) is 5.65. The van der Waals surface area contributed by atoms with Gasteiger partial charge < -0.3 is 9.64 Å². The molecule has 1 amide bonds. The van der Waals surface area contributed by atoms with Gasteiger partial charge in [-0.3, -0.25) is 9.69 Å². The number of alkyl halides is 3. The predicted octanol–water partition coefficient (Wildman–Crippen LogP) is 0.482. The van der Waals surface area contributed by atoms with Gasteiger partial charge in [-0.15, -0.1) is 0 Å². The van der Waals surface area contributed by atoms with Crippen LogP contribution in [0.1, 0.15) is 6.42 Å². The second-order valence-corrected chi connectivity index (χ2v) is 4.33. The molecule has 0 N–H and O–H groups in total. The van der Waals surface area contributed by atoms with Crippen molar-refractivity contribution in [2.45, 2.75) is 18.6 Å². The van der Waals surface area contributed by atoms with Gasteiger partial charge in [0.25, 0.3) is 0 Å². The van der Waals surface area contributed by atoms with Crippen LogP contribution in [0.4, 0.5) is 13.2 Å². The van der Waals surface area contributed by atoms with Crippen molar-refractivity contribution >= 4 is 5.91 Å². The molecule has 2 heterocycles. The average molecular weight is 252 g/mol. The Kier molecular flexibility index (Phi) is 3.58. The van der Waals surface area contributed by atoms with E-state index in [0.717, 1.165) is 4.90 Å². The summed E-state index contributed by atoms with van der Waals surface area (Å²) < 4.78 is 41.8. The molecule has 0 aromatic rings. The average Bonchev–Trinajstić information content (AvgIpc) is 2.60. The molecule has 2 saturated heterocycles. The highest BCUT2D eigenvalue weighted by Crippen LogP contribution is 2.23. The molecule has 2 rings (SSSR count). The van der Waals surface area contributed by atoms with Crippen molar-refractivity contribution in [1.82, 2.24) is 9.80 Å². The van der Waals surface area contributed by atoms with E-state index in [1.807, 2.05) is 4.90 Å². The Labute approximate surface area is 97.3 Å². The maximum Gasteiger partial charge on any atom is 0.406 e. The molecule has 98 valence electrons. The fourth-order valence-corrected chi connectivity index (χ4v) is 2.32. The van der Waals surface area contributed by atoms with Gasteiger partial charge in [0, 0.05) is 19.6 Å². The Balaban J connectivity index is 1.92. The van der Waals surface area contributed by atoms with Crippen LogP contribution in [0.25, 0.3) is 0 Å². The highest BCUT2D eigenvalue weighted by Gasteiger charge is 2.41. The quantitative estimate of drug-likeness (QED) is 0.716. The van der Waals surface area contributed by atoms with Crippen LogP contribution >= 0.6 is 0 Å². The van der Waals surface area contributed by atoms with Crippen LogP contribution in [0.15, 0.2) is 0 Å². The number of nitrogens with zero attached hydrogens (tertiary/aromatic N) is 2. The van der Waals surface area contributed by atoms with E-state index in [1.165, 1.54) is 0 Å². The van der Waals surface area contributed by atoms with Crippen LogP contribution in [-0.2, 0) is 9.53 Å². The minimum Gasteiger partial charge on any atom is -0.379 e. The van der Waals surface area contributed by atoms with E-state index in [0.29, 0.717) is 32.7 Å². The van der Waals surface area contributed by atoms with E-state index in [2.05, 4.69) is 0 Å². The normalized spacial score (nSPS) is 27.8. The van der Waals surface area contributed by atoms with Crippen LogP contribution in [0.2, 0.25) is 0 Å². The third kappa shape index (κ3) is 3.10. The molecule has 0 saturated carbocycles. The molecule has 0 aromatic carbocycles. The van der Waals surface area contributed by atoms with E-state index >= 15 is 0 Å². The lowest BCUT2D eigenvalue weighted by Gasteiger charge is -2.31. The molecule has 2 fully saturated rings. The maximum absolute atomic E-state index is 12.2. The molecule has 7 heteroatoms. The van der Waals surface area contributed by atoms with Gasteiger partial charge in [-0.25, -0.2) is 0 Å². The number of halogens is 3. The number of ether oxygens (including phenoxy) is 1. The van der Waals surface area contributed by atoms with Gasteiger partial charge in [-0.2, -0.15) is 13.2 Å². The fraction of sp³-hybridized carbons (Fsp3) is 0.900. The number of carbonyl (C=O) groups excluding carboxylic acids is 1. The van der Waals surface area contributed by atoms with Crippen LogP contribution in [0.5, 0.6) is 0 Å². The van der Waals surface area contributed by atoms with Gasteiger partial charge in [-0.05, 0) is 6.42 Å². The number of hydrogen-bond acceptors (Lipinski definition) is 3. The topological polar surface area (TPSA) is 32.8 Å². The van der Waals surface area contributed by atoms with E-state index < -0.39 is 18.6 Å². The van der Waals surface area contributed by atoms with Crippen LogP contribution < -0.4 is 0 Å². The number of rotatable bonds is 2. The minimum atomic E-state index is -4.31. The van der Waals surface area contributed by atoms with Gasteiger partial charge in [0.15, 0.2) is 0 Å². The second kappa shape index (κ2) is 4.81. The third-order valence-electron chi connectivity index (χ3n) is 3.13. The fourth-order valence-electron chi connectivity index (χ4n) is 2.32. The largest absolute Gasteiger partial charge is 0.406 e.